The summed E-state index contributed by atoms with van der Waals surface area (Å²) in [5.41, 5.74) is 4.47. The van der Waals surface area contributed by atoms with Crippen molar-refractivity contribution in [3.63, 3.8) is 0 Å². The lowest BCUT2D eigenvalue weighted by Gasteiger charge is -2.56. The molecule has 1 aromatic carbocycles. The molecule has 7 heteroatoms. The highest BCUT2D eigenvalue weighted by molar-refractivity contribution is 7.98. The normalized spacial score (nSPS) is 29.4. The van der Waals surface area contributed by atoms with Crippen LogP contribution in [0.5, 0.6) is 0 Å². The van der Waals surface area contributed by atoms with Crippen molar-refractivity contribution in [1.29, 1.82) is 0 Å². The fraction of sp³-hybridized carbons (Fsp3) is 0.500. The maximum Gasteiger partial charge on any atom is 0.211 e. The Bertz CT molecular complexity index is 1270. The minimum Gasteiger partial charge on any atom is -0.327 e. The maximum absolute atomic E-state index is 5.15. The monoisotopic (exact) mass is 447 g/mol. The number of aryl methyl sites for hydroxylation is 1. The number of thiazole rings is 1. The largest absolute Gasteiger partial charge is 0.327 e. The summed E-state index contributed by atoms with van der Waals surface area (Å²) in [4.78, 5) is 9.96. The average Bonchev–Trinajstić information content (AvgIpc) is 3.36. The number of aromatic nitrogens is 5. The van der Waals surface area contributed by atoms with Crippen LogP contribution in [0.3, 0.4) is 0 Å². The summed E-state index contributed by atoms with van der Waals surface area (Å²) in [7, 11) is 2.05. The average molecular weight is 448 g/mol. The van der Waals surface area contributed by atoms with Crippen LogP contribution in [0, 0.1) is 17.8 Å². The van der Waals surface area contributed by atoms with Crippen LogP contribution in [0.4, 0.5) is 0 Å². The van der Waals surface area contributed by atoms with E-state index >= 15 is 0 Å². The van der Waals surface area contributed by atoms with Gasteiger partial charge in [0, 0.05) is 29.0 Å². The number of hydrogen-bond acceptors (Lipinski definition) is 6. The van der Waals surface area contributed by atoms with E-state index in [2.05, 4.69) is 32.3 Å². The van der Waals surface area contributed by atoms with Crippen molar-refractivity contribution in [2.24, 2.45) is 24.8 Å². The standard InChI is InChI=1S/C24H25N5S2/c1-29-19-5-3-2-4-18(19)20-21(29)26-23(28-27-20)31-13-17-12-30-22(25-17)24-9-14-6-15(10-24)8-16(7-14)11-24/h2-5,12,14-16H,6-11,13H2,1H3. The second-order valence-electron chi connectivity index (χ2n) is 9.97. The SMILES string of the molecule is Cn1c2ccccc2c2nnc(SCc3csc(C45CC6CC(CC(C6)C4)C5)n3)nc21. The van der Waals surface area contributed by atoms with E-state index in [-0.39, 0.29) is 0 Å². The van der Waals surface area contributed by atoms with Crippen molar-refractivity contribution < 1.29 is 0 Å². The van der Waals surface area contributed by atoms with Crippen LogP contribution in [0.2, 0.25) is 0 Å². The Kier molecular flexibility index (Phi) is 4.04. The van der Waals surface area contributed by atoms with Crippen molar-refractivity contribution in [1.82, 2.24) is 24.7 Å². The Hall–Kier alpha value is -1.99. The van der Waals surface area contributed by atoms with Crippen LogP contribution in [0.25, 0.3) is 22.1 Å². The van der Waals surface area contributed by atoms with Crippen LogP contribution in [0.15, 0.2) is 34.8 Å². The summed E-state index contributed by atoms with van der Waals surface area (Å²) < 4.78 is 2.11. The lowest BCUT2D eigenvalue weighted by atomic mass is 9.50. The molecule has 4 aliphatic rings. The molecule has 0 N–H and O–H groups in total. The first-order chi connectivity index (χ1) is 15.2. The van der Waals surface area contributed by atoms with E-state index in [1.165, 1.54) is 49.2 Å². The van der Waals surface area contributed by atoms with Gasteiger partial charge in [0.05, 0.1) is 16.2 Å². The first-order valence-corrected chi connectivity index (χ1v) is 13.2. The molecule has 158 valence electrons. The zero-order chi connectivity index (χ0) is 20.6. The van der Waals surface area contributed by atoms with Crippen LogP contribution in [0.1, 0.15) is 49.2 Å². The number of rotatable bonds is 4. The van der Waals surface area contributed by atoms with Gasteiger partial charge in [-0.1, -0.05) is 30.0 Å². The summed E-state index contributed by atoms with van der Waals surface area (Å²) in [5.74, 6) is 3.68. The van der Waals surface area contributed by atoms with E-state index in [1.54, 1.807) is 11.8 Å². The summed E-state index contributed by atoms with van der Waals surface area (Å²) >= 11 is 3.54. The summed E-state index contributed by atoms with van der Waals surface area (Å²) in [5, 5.41) is 14.4. The Balaban J connectivity index is 1.13. The zero-order valence-corrected chi connectivity index (χ0v) is 19.3. The molecule has 4 saturated carbocycles. The van der Waals surface area contributed by atoms with Gasteiger partial charge in [0.15, 0.2) is 5.65 Å². The second kappa shape index (κ2) is 6.75. The van der Waals surface area contributed by atoms with Gasteiger partial charge in [-0.25, -0.2) is 9.97 Å². The van der Waals surface area contributed by atoms with Gasteiger partial charge in [0.2, 0.25) is 5.16 Å². The molecule has 0 atom stereocenters. The molecule has 0 amide bonds. The summed E-state index contributed by atoms with van der Waals surface area (Å²) in [6, 6.07) is 8.28. The smallest absolute Gasteiger partial charge is 0.211 e. The van der Waals surface area contributed by atoms with Gasteiger partial charge in [-0.05, 0) is 62.3 Å². The molecule has 0 aliphatic heterocycles. The number of nitrogens with zero attached hydrogens (tertiary/aromatic N) is 5. The molecule has 0 unspecified atom stereocenters. The van der Waals surface area contributed by atoms with E-state index in [4.69, 9.17) is 9.97 Å². The van der Waals surface area contributed by atoms with Crippen molar-refractivity contribution in [2.75, 3.05) is 0 Å². The van der Waals surface area contributed by atoms with Crippen molar-refractivity contribution in [2.45, 2.75) is 54.8 Å². The lowest BCUT2D eigenvalue weighted by molar-refractivity contribution is -0.00532. The summed E-state index contributed by atoms with van der Waals surface area (Å²) in [6.07, 6.45) is 8.58. The fourth-order valence-electron chi connectivity index (χ4n) is 6.98. The van der Waals surface area contributed by atoms with E-state index < -0.39 is 0 Å². The van der Waals surface area contributed by atoms with Gasteiger partial charge in [0.1, 0.15) is 5.52 Å². The number of fused-ring (bicyclic) bond motifs is 3. The molecule has 4 fully saturated rings. The molecule has 5 nitrogen and oxygen atoms in total. The molecule has 3 heterocycles. The van der Waals surface area contributed by atoms with Gasteiger partial charge in [-0.3, -0.25) is 0 Å². The topological polar surface area (TPSA) is 56.5 Å². The van der Waals surface area contributed by atoms with Crippen molar-refractivity contribution >= 4 is 45.2 Å². The third-order valence-corrected chi connectivity index (χ3v) is 9.89. The number of para-hydroxylation sites is 1. The molecule has 31 heavy (non-hydrogen) atoms. The fourth-order valence-corrected chi connectivity index (χ4v) is 8.81. The van der Waals surface area contributed by atoms with E-state index in [0.717, 1.165) is 50.7 Å². The van der Waals surface area contributed by atoms with Gasteiger partial charge in [-0.2, -0.15) is 0 Å². The molecular weight excluding hydrogens is 422 g/mol. The Morgan fingerprint density at radius 1 is 1.03 bits per heavy atom. The third-order valence-electron chi connectivity index (χ3n) is 7.88. The predicted molar refractivity (Wildman–Crippen MR) is 125 cm³/mol. The molecule has 3 aromatic heterocycles. The lowest BCUT2D eigenvalue weighted by Crippen LogP contribution is -2.48. The van der Waals surface area contributed by atoms with Gasteiger partial charge in [0.25, 0.3) is 0 Å². The van der Waals surface area contributed by atoms with E-state index in [0.29, 0.717) is 5.41 Å². The Labute approximate surface area is 189 Å². The number of benzene rings is 1. The van der Waals surface area contributed by atoms with Crippen LogP contribution >= 0.6 is 23.1 Å². The molecular formula is C24H25N5S2. The Morgan fingerprint density at radius 2 is 1.77 bits per heavy atom. The van der Waals surface area contributed by atoms with Crippen LogP contribution in [-0.2, 0) is 18.2 Å². The van der Waals surface area contributed by atoms with Gasteiger partial charge in [-0.15, -0.1) is 21.5 Å². The van der Waals surface area contributed by atoms with Crippen molar-refractivity contribution in [3.05, 3.63) is 40.3 Å². The number of thioether (sulfide) groups is 1. The second-order valence-corrected chi connectivity index (χ2v) is 11.8. The van der Waals surface area contributed by atoms with Gasteiger partial charge >= 0.3 is 0 Å². The molecule has 0 spiro atoms. The minimum atomic E-state index is 0.391. The maximum atomic E-state index is 5.15. The molecule has 0 saturated heterocycles. The Morgan fingerprint density at radius 3 is 2.55 bits per heavy atom. The molecule has 0 radical (unpaired) electrons. The molecule has 4 bridgehead atoms. The first-order valence-electron chi connectivity index (χ1n) is 11.3. The van der Waals surface area contributed by atoms with E-state index in [1.807, 2.05) is 30.5 Å². The van der Waals surface area contributed by atoms with Gasteiger partial charge < -0.3 is 4.57 Å². The van der Waals surface area contributed by atoms with E-state index in [9.17, 15) is 0 Å². The highest BCUT2D eigenvalue weighted by Crippen LogP contribution is 2.61. The third kappa shape index (κ3) is 2.89. The highest BCUT2D eigenvalue weighted by atomic mass is 32.2. The van der Waals surface area contributed by atoms with Crippen LogP contribution < -0.4 is 0 Å². The summed E-state index contributed by atoms with van der Waals surface area (Å²) in [6.45, 7) is 0. The van der Waals surface area contributed by atoms with Crippen LogP contribution in [-0.4, -0.2) is 24.7 Å². The molecule has 4 aliphatic carbocycles. The quantitative estimate of drug-likeness (QED) is 0.374. The highest BCUT2D eigenvalue weighted by Gasteiger charge is 2.52. The minimum absolute atomic E-state index is 0.391. The molecule has 4 aromatic rings. The zero-order valence-electron chi connectivity index (χ0n) is 17.6. The first kappa shape index (κ1) is 18.6. The number of hydrogen-bond donors (Lipinski definition) is 0. The molecule has 8 rings (SSSR count). The van der Waals surface area contributed by atoms with Crippen molar-refractivity contribution in [3.8, 4) is 0 Å². The predicted octanol–water partition coefficient (Wildman–Crippen LogP) is 5.73.